The number of aromatic nitrogens is 3. The minimum absolute atomic E-state index is 0.717. The molecular formula is C25H16Cl2N3+. The number of fused-ring (bicyclic) bond motifs is 5. The van der Waals surface area contributed by atoms with E-state index in [-0.39, 0.29) is 0 Å². The summed E-state index contributed by atoms with van der Waals surface area (Å²) in [7, 11) is 0. The Balaban J connectivity index is 1.77. The lowest BCUT2D eigenvalue weighted by molar-refractivity contribution is -0.510. The van der Waals surface area contributed by atoms with Gasteiger partial charge in [0.1, 0.15) is 5.69 Å². The number of aromatic amines is 1. The van der Waals surface area contributed by atoms with Crippen LogP contribution in [0.4, 0.5) is 0 Å². The predicted molar refractivity (Wildman–Crippen MR) is 124 cm³/mol. The van der Waals surface area contributed by atoms with E-state index < -0.39 is 0 Å². The van der Waals surface area contributed by atoms with Crippen molar-refractivity contribution in [1.29, 1.82) is 0 Å². The highest BCUT2D eigenvalue weighted by molar-refractivity contribution is 6.31. The first-order valence-corrected chi connectivity index (χ1v) is 10.4. The number of imidazole rings is 1. The molecule has 0 atom stereocenters. The van der Waals surface area contributed by atoms with E-state index >= 15 is 0 Å². The molecule has 6 aromatic rings. The molecule has 0 aliphatic carbocycles. The highest BCUT2D eigenvalue weighted by Gasteiger charge is 2.24. The summed E-state index contributed by atoms with van der Waals surface area (Å²) in [4.78, 5) is 3.64. The van der Waals surface area contributed by atoms with Crippen molar-refractivity contribution in [1.82, 2.24) is 9.55 Å². The zero-order valence-electron chi connectivity index (χ0n) is 15.8. The second-order valence-electron chi connectivity index (χ2n) is 7.35. The van der Waals surface area contributed by atoms with Crippen LogP contribution in [0.1, 0.15) is 0 Å². The Morgan fingerprint density at radius 1 is 0.733 bits per heavy atom. The first-order chi connectivity index (χ1) is 14.7. The molecule has 0 saturated heterocycles. The topological polar surface area (TPSA) is 24.8 Å². The minimum atomic E-state index is 0.717. The van der Waals surface area contributed by atoms with Crippen molar-refractivity contribution in [2.24, 2.45) is 0 Å². The van der Waals surface area contributed by atoms with Crippen LogP contribution in [0, 0.1) is 0 Å². The fourth-order valence-corrected chi connectivity index (χ4v) is 4.45. The molecule has 0 radical (unpaired) electrons. The molecule has 3 heterocycles. The van der Waals surface area contributed by atoms with Gasteiger partial charge in [-0.15, -0.1) is 0 Å². The van der Waals surface area contributed by atoms with Gasteiger partial charge >= 0.3 is 0 Å². The maximum absolute atomic E-state index is 6.18. The Morgan fingerprint density at radius 2 is 1.43 bits per heavy atom. The molecule has 30 heavy (non-hydrogen) atoms. The van der Waals surface area contributed by atoms with Crippen LogP contribution in [-0.2, 0) is 0 Å². The van der Waals surface area contributed by atoms with Gasteiger partial charge in [0, 0.05) is 31.9 Å². The van der Waals surface area contributed by atoms with E-state index in [1.165, 1.54) is 10.8 Å². The SMILES string of the molecule is Clc1ccc(-c2c3c4[nH]c5ccccc5c4cc[n+]3cn2-c2ccc(Cl)cc2)cc1. The quantitative estimate of drug-likeness (QED) is 0.292. The van der Waals surface area contributed by atoms with Crippen LogP contribution in [0.5, 0.6) is 0 Å². The zero-order chi connectivity index (χ0) is 20.2. The van der Waals surface area contributed by atoms with E-state index in [0.717, 1.165) is 38.5 Å². The van der Waals surface area contributed by atoms with E-state index in [1.54, 1.807) is 0 Å². The van der Waals surface area contributed by atoms with Gasteiger partial charge in [0.05, 0.1) is 11.7 Å². The number of benzene rings is 3. The van der Waals surface area contributed by atoms with Gasteiger partial charge in [-0.25, -0.2) is 0 Å². The molecule has 0 aliphatic rings. The zero-order valence-corrected chi connectivity index (χ0v) is 17.3. The molecule has 0 spiro atoms. The van der Waals surface area contributed by atoms with E-state index in [2.05, 4.69) is 68.9 Å². The number of hydrogen-bond acceptors (Lipinski definition) is 0. The number of rotatable bonds is 2. The molecule has 0 saturated carbocycles. The maximum atomic E-state index is 6.18. The third-order valence-electron chi connectivity index (χ3n) is 5.57. The molecular weight excluding hydrogens is 413 g/mol. The lowest BCUT2D eigenvalue weighted by Crippen LogP contribution is -2.17. The Kier molecular flexibility index (Phi) is 3.88. The summed E-state index contributed by atoms with van der Waals surface area (Å²) in [5.41, 5.74) is 6.56. The summed E-state index contributed by atoms with van der Waals surface area (Å²) in [6.07, 6.45) is 4.22. The number of hydrogen-bond donors (Lipinski definition) is 1. The monoisotopic (exact) mass is 428 g/mol. The maximum Gasteiger partial charge on any atom is 0.254 e. The van der Waals surface area contributed by atoms with Crippen molar-refractivity contribution in [3.8, 4) is 16.9 Å². The van der Waals surface area contributed by atoms with Gasteiger partial charge in [0.25, 0.3) is 6.33 Å². The molecule has 6 rings (SSSR count). The van der Waals surface area contributed by atoms with Crippen molar-refractivity contribution >= 4 is 50.5 Å². The Hall–Kier alpha value is -3.27. The predicted octanol–water partition coefficient (Wildman–Crippen LogP) is 6.82. The van der Waals surface area contributed by atoms with Crippen molar-refractivity contribution in [3.05, 3.63) is 101 Å². The normalized spacial score (nSPS) is 11.7. The highest BCUT2D eigenvalue weighted by atomic mass is 35.5. The summed E-state index contributed by atoms with van der Waals surface area (Å²) in [6, 6.07) is 26.4. The molecule has 3 aromatic carbocycles. The summed E-state index contributed by atoms with van der Waals surface area (Å²) in [5.74, 6) is 0. The van der Waals surface area contributed by atoms with Crippen LogP contribution in [0.2, 0.25) is 10.0 Å². The van der Waals surface area contributed by atoms with Crippen molar-refractivity contribution in [3.63, 3.8) is 0 Å². The molecule has 0 unspecified atom stereocenters. The Morgan fingerprint density at radius 3 is 2.20 bits per heavy atom. The number of para-hydroxylation sites is 1. The fraction of sp³-hybridized carbons (Fsp3) is 0. The van der Waals surface area contributed by atoms with Gasteiger partial charge in [0.2, 0.25) is 5.52 Å². The summed E-state index contributed by atoms with van der Waals surface area (Å²) in [6.45, 7) is 0. The molecule has 3 aromatic heterocycles. The second kappa shape index (κ2) is 6.63. The fourth-order valence-electron chi connectivity index (χ4n) is 4.20. The molecule has 5 heteroatoms. The van der Waals surface area contributed by atoms with E-state index in [1.807, 2.05) is 36.4 Å². The van der Waals surface area contributed by atoms with Crippen molar-refractivity contribution in [2.45, 2.75) is 0 Å². The lowest BCUT2D eigenvalue weighted by Gasteiger charge is -2.03. The largest absolute Gasteiger partial charge is 0.351 e. The van der Waals surface area contributed by atoms with E-state index in [4.69, 9.17) is 23.2 Å². The average Bonchev–Trinajstić information content (AvgIpc) is 3.33. The number of H-pyrrole nitrogens is 1. The van der Waals surface area contributed by atoms with Crippen molar-refractivity contribution in [2.75, 3.05) is 0 Å². The van der Waals surface area contributed by atoms with Crippen LogP contribution in [0.3, 0.4) is 0 Å². The highest BCUT2D eigenvalue weighted by Crippen LogP contribution is 2.34. The minimum Gasteiger partial charge on any atom is -0.351 e. The molecule has 3 nitrogen and oxygen atoms in total. The summed E-state index contributed by atoms with van der Waals surface area (Å²) >= 11 is 12.3. The molecule has 0 aliphatic heterocycles. The Labute approximate surface area is 182 Å². The molecule has 0 fully saturated rings. The van der Waals surface area contributed by atoms with Gasteiger partial charge in [-0.1, -0.05) is 41.4 Å². The van der Waals surface area contributed by atoms with Gasteiger partial charge in [-0.2, -0.15) is 8.97 Å². The average molecular weight is 429 g/mol. The molecule has 144 valence electrons. The van der Waals surface area contributed by atoms with Crippen LogP contribution in [-0.4, -0.2) is 9.55 Å². The van der Waals surface area contributed by atoms with Gasteiger partial charge in [-0.3, -0.25) is 0 Å². The summed E-state index contributed by atoms with van der Waals surface area (Å²) < 4.78 is 4.36. The molecule has 0 amide bonds. The van der Waals surface area contributed by atoms with Crippen molar-refractivity contribution < 1.29 is 4.40 Å². The first-order valence-electron chi connectivity index (χ1n) is 9.67. The third-order valence-corrected chi connectivity index (χ3v) is 6.07. The van der Waals surface area contributed by atoms with Crippen LogP contribution < -0.4 is 4.40 Å². The van der Waals surface area contributed by atoms with Gasteiger partial charge in [0.15, 0.2) is 5.69 Å². The third kappa shape index (κ3) is 2.63. The van der Waals surface area contributed by atoms with E-state index in [9.17, 15) is 0 Å². The van der Waals surface area contributed by atoms with Gasteiger partial charge < -0.3 is 4.98 Å². The van der Waals surface area contributed by atoms with Crippen LogP contribution in [0.15, 0.2) is 91.4 Å². The number of nitrogens with zero attached hydrogens (tertiary/aromatic N) is 2. The number of pyridine rings is 1. The summed E-state index contributed by atoms with van der Waals surface area (Å²) in [5, 5.41) is 3.86. The smallest absolute Gasteiger partial charge is 0.254 e. The van der Waals surface area contributed by atoms with Crippen LogP contribution in [0.25, 0.3) is 44.3 Å². The van der Waals surface area contributed by atoms with E-state index in [0.29, 0.717) is 5.02 Å². The molecule has 0 bridgehead atoms. The van der Waals surface area contributed by atoms with Crippen LogP contribution >= 0.6 is 23.2 Å². The standard InChI is InChI=1S/C25H16Cl2N3/c26-17-7-5-16(6-8-17)24-25-23-21(20-3-1-2-4-22(20)28-23)13-14-29(25)15-30(24)19-11-9-18(27)10-12-19/h1-15,28H/q+1. The molecule has 1 N–H and O–H groups in total. The Bertz CT molecular complexity index is 1540. The second-order valence-corrected chi connectivity index (χ2v) is 8.22. The lowest BCUT2D eigenvalue weighted by atomic mass is 10.1. The first kappa shape index (κ1) is 17.6. The number of nitrogens with one attached hydrogen (secondary N) is 1. The number of halogens is 2. The van der Waals surface area contributed by atoms with Gasteiger partial charge in [-0.05, 0) is 60.7 Å².